The summed E-state index contributed by atoms with van der Waals surface area (Å²) in [5, 5.41) is 25.1. The number of aliphatic hydroxyl groups excluding tert-OH is 1. The number of H-pyrrole nitrogens is 1. The molecule has 1 aliphatic carbocycles. The zero-order chi connectivity index (χ0) is 27.7. The van der Waals surface area contributed by atoms with Gasteiger partial charge in [-0.2, -0.15) is 4.98 Å². The first kappa shape index (κ1) is 25.2. The van der Waals surface area contributed by atoms with Crippen LogP contribution in [0, 0.1) is 12.3 Å². The number of carbonyl (C=O) groups is 1. The van der Waals surface area contributed by atoms with E-state index in [-0.39, 0.29) is 29.8 Å². The third-order valence-corrected chi connectivity index (χ3v) is 9.26. The van der Waals surface area contributed by atoms with Crippen molar-refractivity contribution in [1.29, 1.82) is 0 Å². The summed E-state index contributed by atoms with van der Waals surface area (Å²) in [5.41, 5.74) is 3.06. The average molecular weight is 543 g/mol. The fraction of sp³-hybridized carbons (Fsp3) is 0.483. The van der Waals surface area contributed by atoms with Gasteiger partial charge in [-0.1, -0.05) is 44.2 Å². The van der Waals surface area contributed by atoms with Gasteiger partial charge in [0.2, 0.25) is 11.9 Å². The minimum Gasteiger partial charge on any atom is -0.396 e. The number of carbonyl (C=O) groups excluding carboxylic acids is 1. The maximum absolute atomic E-state index is 11.9. The summed E-state index contributed by atoms with van der Waals surface area (Å²) in [6.07, 6.45) is 4.05. The van der Waals surface area contributed by atoms with Gasteiger partial charge in [-0.3, -0.25) is 15.2 Å². The highest BCUT2D eigenvalue weighted by Crippen LogP contribution is 2.70. The molecule has 4 aromatic rings. The molecule has 3 unspecified atom stereocenters. The van der Waals surface area contributed by atoms with Crippen LogP contribution in [0.25, 0.3) is 5.65 Å². The van der Waals surface area contributed by atoms with Crippen molar-refractivity contribution in [2.45, 2.75) is 57.0 Å². The van der Waals surface area contributed by atoms with Crippen LogP contribution >= 0.6 is 0 Å². The maximum Gasteiger partial charge on any atom is 0.248 e. The highest BCUT2D eigenvalue weighted by molar-refractivity contribution is 5.88. The second kappa shape index (κ2) is 8.84. The molecule has 11 nitrogen and oxygen atoms in total. The van der Waals surface area contributed by atoms with Crippen molar-refractivity contribution in [2.75, 3.05) is 36.5 Å². The quantitative estimate of drug-likeness (QED) is 0.325. The van der Waals surface area contributed by atoms with Gasteiger partial charge < -0.3 is 14.7 Å². The van der Waals surface area contributed by atoms with Gasteiger partial charge in [-0.05, 0) is 37.0 Å². The monoisotopic (exact) mass is 542 g/mol. The van der Waals surface area contributed by atoms with Crippen LogP contribution in [-0.2, 0) is 20.5 Å². The number of nitrogens with one attached hydrogen (secondary N) is 2. The van der Waals surface area contributed by atoms with Gasteiger partial charge >= 0.3 is 0 Å². The number of benzene rings is 1. The van der Waals surface area contributed by atoms with Crippen molar-refractivity contribution >= 4 is 23.2 Å². The minimum absolute atomic E-state index is 0.0531. The van der Waals surface area contributed by atoms with Gasteiger partial charge in [0.1, 0.15) is 11.4 Å². The second-order valence-corrected chi connectivity index (χ2v) is 11.9. The lowest BCUT2D eigenvalue weighted by molar-refractivity contribution is -0.115. The first-order valence-corrected chi connectivity index (χ1v) is 13.9. The Bertz CT molecular complexity index is 1600. The Morgan fingerprint density at radius 1 is 1.27 bits per heavy atom. The van der Waals surface area contributed by atoms with Gasteiger partial charge in [0.25, 0.3) is 0 Å². The summed E-state index contributed by atoms with van der Waals surface area (Å²) in [7, 11) is 0. The molecule has 4 fully saturated rings. The number of aromatic amines is 1. The number of amides is 1. The number of rotatable bonds is 7. The van der Waals surface area contributed by atoms with E-state index in [1.54, 1.807) is 6.92 Å². The van der Waals surface area contributed by atoms with E-state index >= 15 is 0 Å². The molecule has 208 valence electrons. The Labute approximate surface area is 232 Å². The molecule has 40 heavy (non-hydrogen) atoms. The zero-order valence-corrected chi connectivity index (χ0v) is 23.0. The molecule has 8 rings (SSSR count). The molecular weight excluding hydrogens is 508 g/mol. The third-order valence-electron chi connectivity index (χ3n) is 9.26. The van der Waals surface area contributed by atoms with E-state index in [2.05, 4.69) is 81.8 Å². The number of nitrogens with zero attached hydrogens (tertiary/aromatic N) is 6. The smallest absolute Gasteiger partial charge is 0.248 e. The summed E-state index contributed by atoms with van der Waals surface area (Å²) in [5.74, 6) is 0.864. The summed E-state index contributed by atoms with van der Waals surface area (Å²) in [6.45, 7) is 8.39. The van der Waals surface area contributed by atoms with E-state index < -0.39 is 11.0 Å². The molecule has 1 aromatic carbocycles. The van der Waals surface area contributed by atoms with Crippen molar-refractivity contribution in [3.63, 3.8) is 0 Å². The fourth-order valence-corrected chi connectivity index (χ4v) is 7.02. The lowest BCUT2D eigenvalue weighted by atomic mass is 9.53. The van der Waals surface area contributed by atoms with E-state index in [0.29, 0.717) is 31.1 Å². The van der Waals surface area contributed by atoms with E-state index in [1.807, 2.05) is 4.52 Å². The van der Waals surface area contributed by atoms with Crippen LogP contribution in [0.1, 0.15) is 61.8 Å². The first-order valence-electron chi connectivity index (χ1n) is 13.9. The molecular formula is C29H34N8O3. The predicted octanol–water partition coefficient (Wildman–Crippen LogP) is 3.06. The molecule has 3 saturated heterocycles. The molecule has 0 radical (unpaired) electrons. The van der Waals surface area contributed by atoms with Crippen molar-refractivity contribution in [3.8, 4) is 0 Å². The molecule has 4 aliphatic rings. The van der Waals surface area contributed by atoms with Crippen molar-refractivity contribution < 1.29 is 14.6 Å². The number of aliphatic hydroxyl groups is 1. The Kier molecular flexibility index (Phi) is 5.56. The SMILES string of the molecule is CCC(=O)Nc1n[nH]c(C2C3(CO)COC2(c2nc4c(C)cc(N5CC[C@](C)(c6ccccc6)C5)cn4n2)C3)n1. The number of fused-ring (bicyclic) bond motifs is 2. The standard InChI is InChI=1S/C29H34N8O3/c1-4-21(39)30-26-31-23(33-34-26)22-28(16-38)14-29(22,40-17-28)25-32-24-18(2)12-20(13-37(24)35-25)36-11-10-27(3,15-36)19-8-6-5-7-9-19/h5-9,12-13,22,38H,4,10-11,14-17H2,1-3H3,(H2,30,31,33,34,39)/t22?,27-,28?,29?/m0/s1. The summed E-state index contributed by atoms with van der Waals surface area (Å²) in [4.78, 5) is 23.8. The number of anilines is 2. The van der Waals surface area contributed by atoms with Crippen LogP contribution in [-0.4, -0.2) is 67.1 Å². The van der Waals surface area contributed by atoms with E-state index in [4.69, 9.17) is 14.8 Å². The van der Waals surface area contributed by atoms with Crippen LogP contribution in [0.15, 0.2) is 42.6 Å². The van der Waals surface area contributed by atoms with Crippen LogP contribution in [0.2, 0.25) is 0 Å². The molecule has 3 N–H and O–H groups in total. The summed E-state index contributed by atoms with van der Waals surface area (Å²) < 4.78 is 8.22. The number of pyridine rings is 1. The van der Waals surface area contributed by atoms with Gasteiger partial charge in [0, 0.05) is 30.3 Å². The molecule has 4 atom stereocenters. The Morgan fingerprint density at radius 2 is 2.10 bits per heavy atom. The van der Waals surface area contributed by atoms with Gasteiger partial charge in [0.05, 0.1) is 31.0 Å². The Balaban J connectivity index is 1.20. The molecule has 3 aliphatic heterocycles. The molecule has 3 aromatic heterocycles. The second-order valence-electron chi connectivity index (χ2n) is 11.9. The average Bonchev–Trinajstić information content (AvgIpc) is 3.77. The van der Waals surface area contributed by atoms with Crippen LogP contribution in [0.4, 0.5) is 11.6 Å². The van der Waals surface area contributed by atoms with Crippen LogP contribution in [0.5, 0.6) is 0 Å². The molecule has 0 spiro atoms. The number of hydrogen-bond acceptors (Lipinski definition) is 8. The van der Waals surface area contributed by atoms with Gasteiger partial charge in [-0.15, -0.1) is 10.2 Å². The lowest BCUT2D eigenvalue weighted by Gasteiger charge is -2.49. The number of aromatic nitrogens is 6. The summed E-state index contributed by atoms with van der Waals surface area (Å²) >= 11 is 0. The van der Waals surface area contributed by atoms with E-state index in [9.17, 15) is 9.90 Å². The van der Waals surface area contributed by atoms with Crippen LogP contribution < -0.4 is 10.2 Å². The molecule has 11 heteroatoms. The number of ether oxygens (including phenoxy) is 1. The largest absolute Gasteiger partial charge is 0.396 e. The molecule has 6 heterocycles. The number of hydrogen-bond donors (Lipinski definition) is 3. The molecule has 1 amide bonds. The minimum atomic E-state index is -0.827. The highest BCUT2D eigenvalue weighted by atomic mass is 16.5. The van der Waals surface area contributed by atoms with Gasteiger partial charge in [-0.25, -0.2) is 9.50 Å². The highest BCUT2D eigenvalue weighted by Gasteiger charge is 2.74. The summed E-state index contributed by atoms with van der Waals surface area (Å²) in [6, 6.07) is 12.9. The van der Waals surface area contributed by atoms with E-state index in [1.165, 1.54) is 5.56 Å². The van der Waals surface area contributed by atoms with Gasteiger partial charge in [0.15, 0.2) is 11.5 Å². The zero-order valence-electron chi connectivity index (χ0n) is 23.0. The van der Waals surface area contributed by atoms with Crippen molar-refractivity contribution in [1.82, 2.24) is 29.8 Å². The molecule has 2 bridgehead atoms. The predicted molar refractivity (Wildman–Crippen MR) is 148 cm³/mol. The maximum atomic E-state index is 11.9. The fourth-order valence-electron chi connectivity index (χ4n) is 7.02. The first-order chi connectivity index (χ1) is 19.3. The van der Waals surface area contributed by atoms with Crippen molar-refractivity contribution in [2.24, 2.45) is 5.41 Å². The van der Waals surface area contributed by atoms with E-state index in [0.717, 1.165) is 36.4 Å². The Morgan fingerprint density at radius 3 is 2.88 bits per heavy atom. The lowest BCUT2D eigenvalue weighted by Crippen LogP contribution is -2.53. The van der Waals surface area contributed by atoms with Crippen molar-refractivity contribution in [3.05, 3.63) is 65.4 Å². The van der Waals surface area contributed by atoms with Crippen LogP contribution in [0.3, 0.4) is 0 Å². The third kappa shape index (κ3) is 3.60. The Hall–Kier alpha value is -3.83. The normalized spacial score (nSPS) is 29.2. The number of aryl methyl sites for hydroxylation is 1. The topological polar surface area (TPSA) is 134 Å². The molecule has 1 saturated carbocycles.